The van der Waals surface area contributed by atoms with Gasteiger partial charge in [-0.15, -0.1) is 11.3 Å². The van der Waals surface area contributed by atoms with E-state index in [1.165, 1.54) is 14.2 Å². The Balaban J connectivity index is 1.81. The zero-order valence-electron chi connectivity index (χ0n) is 18.3. The Morgan fingerprint density at radius 3 is 2.34 bits per heavy atom. The van der Waals surface area contributed by atoms with Gasteiger partial charge in [-0.1, -0.05) is 17.7 Å². The highest BCUT2D eigenvalue weighted by Crippen LogP contribution is 2.43. The molecule has 0 saturated heterocycles. The first-order valence-corrected chi connectivity index (χ1v) is 11.3. The van der Waals surface area contributed by atoms with Crippen LogP contribution in [0.1, 0.15) is 32.4 Å². The molecule has 0 fully saturated rings. The average Bonchev–Trinajstić information content (AvgIpc) is 3.35. The number of fused-ring (bicyclic) bond motifs is 1. The van der Waals surface area contributed by atoms with E-state index in [1.54, 1.807) is 37.7 Å². The number of rotatable bonds is 6. The van der Waals surface area contributed by atoms with Gasteiger partial charge in [0.2, 0.25) is 0 Å². The summed E-state index contributed by atoms with van der Waals surface area (Å²) in [6.45, 7) is 0.551. The summed E-state index contributed by atoms with van der Waals surface area (Å²) >= 11 is 8.00. The molecule has 2 aromatic carbocycles. The molecular formula is C24H24ClNO5S. The molecule has 1 unspecified atom stereocenters. The number of amides is 1. The highest BCUT2D eigenvalue weighted by atomic mass is 35.5. The van der Waals surface area contributed by atoms with E-state index < -0.39 is 0 Å². The molecule has 1 atom stereocenters. The summed E-state index contributed by atoms with van der Waals surface area (Å²) in [5.41, 5.74) is 2.60. The molecule has 0 saturated carbocycles. The molecule has 0 radical (unpaired) electrons. The van der Waals surface area contributed by atoms with E-state index in [9.17, 15) is 4.79 Å². The van der Waals surface area contributed by atoms with E-state index in [0.29, 0.717) is 46.5 Å². The zero-order valence-corrected chi connectivity index (χ0v) is 19.9. The number of methoxy groups -OCH3 is 4. The van der Waals surface area contributed by atoms with Crippen LogP contribution in [-0.2, 0) is 6.42 Å². The van der Waals surface area contributed by atoms with Crippen LogP contribution < -0.4 is 18.9 Å². The molecule has 0 aliphatic carbocycles. The lowest BCUT2D eigenvalue weighted by Gasteiger charge is -2.37. The van der Waals surface area contributed by atoms with Crippen LogP contribution >= 0.6 is 22.9 Å². The van der Waals surface area contributed by atoms with Gasteiger partial charge in [-0.2, -0.15) is 0 Å². The molecule has 6 nitrogen and oxygen atoms in total. The third-order valence-corrected chi connectivity index (χ3v) is 6.83. The summed E-state index contributed by atoms with van der Waals surface area (Å²) in [7, 11) is 6.28. The molecule has 1 amide bonds. The van der Waals surface area contributed by atoms with Crippen LogP contribution in [0.25, 0.3) is 0 Å². The highest BCUT2D eigenvalue weighted by molar-refractivity contribution is 7.10. The Hall–Kier alpha value is -2.90. The second kappa shape index (κ2) is 9.30. The molecule has 3 aromatic rings. The summed E-state index contributed by atoms with van der Waals surface area (Å²) in [6.07, 6.45) is 0.699. The Morgan fingerprint density at radius 1 is 1.00 bits per heavy atom. The molecule has 1 aliphatic heterocycles. The highest BCUT2D eigenvalue weighted by Gasteiger charge is 2.35. The molecular weight excluding hydrogens is 450 g/mol. The maximum atomic E-state index is 13.7. The van der Waals surface area contributed by atoms with Crippen molar-refractivity contribution in [1.29, 1.82) is 0 Å². The fourth-order valence-corrected chi connectivity index (χ4v) is 5.27. The summed E-state index contributed by atoms with van der Waals surface area (Å²) < 4.78 is 21.7. The van der Waals surface area contributed by atoms with Crippen molar-refractivity contribution >= 4 is 28.8 Å². The summed E-state index contributed by atoms with van der Waals surface area (Å²) in [5, 5.41) is 2.34. The minimum absolute atomic E-state index is 0.133. The zero-order chi connectivity index (χ0) is 22.8. The Labute approximate surface area is 196 Å². The van der Waals surface area contributed by atoms with Gasteiger partial charge >= 0.3 is 0 Å². The lowest BCUT2D eigenvalue weighted by Crippen LogP contribution is -2.40. The summed E-state index contributed by atoms with van der Waals surface area (Å²) in [4.78, 5) is 16.7. The number of hydrogen-bond acceptors (Lipinski definition) is 6. The number of carbonyl (C=O) groups is 1. The van der Waals surface area contributed by atoms with E-state index in [1.807, 2.05) is 34.5 Å². The van der Waals surface area contributed by atoms with Crippen LogP contribution in [-0.4, -0.2) is 45.8 Å². The van der Waals surface area contributed by atoms with Crippen molar-refractivity contribution in [3.63, 3.8) is 0 Å². The van der Waals surface area contributed by atoms with Crippen LogP contribution in [0.5, 0.6) is 23.0 Å². The van der Waals surface area contributed by atoms with Crippen LogP contribution in [0.4, 0.5) is 0 Å². The SMILES string of the molecule is COc1cc2c(cc1OC)C(c1cccs1)N(C(=O)c1cc(Cl)c(OC)c(OC)c1)CC2. The van der Waals surface area contributed by atoms with Gasteiger partial charge in [-0.3, -0.25) is 4.79 Å². The lowest BCUT2D eigenvalue weighted by atomic mass is 9.90. The first kappa shape index (κ1) is 22.3. The maximum absolute atomic E-state index is 13.7. The standard InChI is InChI=1S/C24H24ClNO5S/c1-28-18-11-14-7-8-26(22(21-6-5-9-32-21)16(14)13-19(18)29-2)24(27)15-10-17(25)23(31-4)20(12-15)30-3/h5-6,9-13,22H,7-8H2,1-4H3. The fourth-order valence-electron chi connectivity index (χ4n) is 4.13. The van der Waals surface area contributed by atoms with Crippen molar-refractivity contribution in [2.24, 2.45) is 0 Å². The number of ether oxygens (including phenoxy) is 4. The van der Waals surface area contributed by atoms with Crippen molar-refractivity contribution in [1.82, 2.24) is 4.90 Å². The molecule has 32 heavy (non-hydrogen) atoms. The molecule has 168 valence electrons. The van der Waals surface area contributed by atoms with Gasteiger partial charge < -0.3 is 23.8 Å². The first-order chi connectivity index (χ1) is 15.5. The predicted octanol–water partition coefficient (Wildman–Crippen LogP) is 5.22. The van der Waals surface area contributed by atoms with Gasteiger partial charge in [0.25, 0.3) is 5.91 Å². The van der Waals surface area contributed by atoms with Gasteiger partial charge in [0.15, 0.2) is 23.0 Å². The minimum atomic E-state index is -0.252. The minimum Gasteiger partial charge on any atom is -0.493 e. The molecule has 1 aliphatic rings. The van der Waals surface area contributed by atoms with Gasteiger partial charge in [-0.05, 0) is 53.3 Å². The van der Waals surface area contributed by atoms with Gasteiger partial charge in [-0.25, -0.2) is 0 Å². The van der Waals surface area contributed by atoms with E-state index in [2.05, 4.69) is 0 Å². The molecule has 0 spiro atoms. The fraction of sp³-hybridized carbons (Fsp3) is 0.292. The summed E-state index contributed by atoms with van der Waals surface area (Å²) in [6, 6.07) is 11.1. The lowest BCUT2D eigenvalue weighted by molar-refractivity contribution is 0.0696. The normalized spacial score (nSPS) is 15.2. The number of hydrogen-bond donors (Lipinski definition) is 0. The van der Waals surface area contributed by atoms with Crippen molar-refractivity contribution < 1.29 is 23.7 Å². The maximum Gasteiger partial charge on any atom is 0.254 e. The largest absolute Gasteiger partial charge is 0.493 e. The van der Waals surface area contributed by atoms with Crippen LogP contribution in [0.3, 0.4) is 0 Å². The predicted molar refractivity (Wildman–Crippen MR) is 125 cm³/mol. The number of thiophene rings is 1. The van der Waals surface area contributed by atoms with Crippen LogP contribution in [0.15, 0.2) is 41.8 Å². The number of halogens is 1. The third kappa shape index (κ3) is 3.87. The van der Waals surface area contributed by atoms with E-state index >= 15 is 0 Å². The average molecular weight is 474 g/mol. The Morgan fingerprint density at radius 2 is 1.72 bits per heavy atom. The van der Waals surface area contributed by atoms with Crippen molar-refractivity contribution in [2.45, 2.75) is 12.5 Å². The van der Waals surface area contributed by atoms with Gasteiger partial charge in [0.1, 0.15) is 0 Å². The van der Waals surface area contributed by atoms with Gasteiger partial charge in [0.05, 0.1) is 39.5 Å². The first-order valence-electron chi connectivity index (χ1n) is 10.0. The molecule has 1 aromatic heterocycles. The third-order valence-electron chi connectivity index (χ3n) is 5.63. The molecule has 2 heterocycles. The molecule has 4 rings (SSSR count). The number of carbonyl (C=O) groups excluding carboxylic acids is 1. The quantitative estimate of drug-likeness (QED) is 0.491. The second-order valence-electron chi connectivity index (χ2n) is 7.27. The Bertz CT molecular complexity index is 1130. The van der Waals surface area contributed by atoms with Crippen LogP contribution in [0.2, 0.25) is 5.02 Å². The van der Waals surface area contributed by atoms with Crippen molar-refractivity contribution in [3.05, 3.63) is 68.4 Å². The molecule has 8 heteroatoms. The monoisotopic (exact) mass is 473 g/mol. The Kier molecular flexibility index (Phi) is 6.48. The van der Waals surface area contributed by atoms with E-state index in [0.717, 1.165) is 16.0 Å². The smallest absolute Gasteiger partial charge is 0.254 e. The van der Waals surface area contributed by atoms with E-state index in [4.69, 9.17) is 30.5 Å². The molecule has 0 N–H and O–H groups in total. The van der Waals surface area contributed by atoms with Gasteiger partial charge in [0, 0.05) is 17.0 Å². The molecule has 0 bridgehead atoms. The second-order valence-corrected chi connectivity index (χ2v) is 8.65. The summed E-state index contributed by atoms with van der Waals surface area (Å²) in [5.74, 6) is 2.01. The van der Waals surface area contributed by atoms with Crippen LogP contribution in [0, 0.1) is 0 Å². The van der Waals surface area contributed by atoms with Crippen molar-refractivity contribution in [3.8, 4) is 23.0 Å². The van der Waals surface area contributed by atoms with Crippen molar-refractivity contribution in [2.75, 3.05) is 35.0 Å². The number of benzene rings is 2. The number of nitrogens with zero attached hydrogens (tertiary/aromatic N) is 1. The van der Waals surface area contributed by atoms with E-state index in [-0.39, 0.29) is 11.9 Å². The topological polar surface area (TPSA) is 57.2 Å².